The molecule has 31 heavy (non-hydrogen) atoms. The van der Waals surface area contributed by atoms with E-state index in [2.05, 4.69) is 19.1 Å². The molecule has 0 aromatic heterocycles. The summed E-state index contributed by atoms with van der Waals surface area (Å²) >= 11 is 0. The van der Waals surface area contributed by atoms with Gasteiger partial charge in [0.15, 0.2) is 18.3 Å². The van der Waals surface area contributed by atoms with Gasteiger partial charge in [0.1, 0.15) is 6.10 Å². The van der Waals surface area contributed by atoms with Crippen molar-refractivity contribution in [3.63, 3.8) is 0 Å². The van der Waals surface area contributed by atoms with E-state index in [1.54, 1.807) is 0 Å². The minimum Gasteiger partial charge on any atom is -0.456 e. The van der Waals surface area contributed by atoms with Crippen molar-refractivity contribution in [2.24, 2.45) is 0 Å². The first kappa shape index (κ1) is 27.6. The SMILES string of the molecule is CCCCCCCC/C=C\CCCCCCCC(=O)O[C@H](CO)[C@H]1OC(=O)[C@H](O)[C@H]1O. The van der Waals surface area contributed by atoms with Gasteiger partial charge in [-0.05, 0) is 32.1 Å². The fourth-order valence-corrected chi connectivity index (χ4v) is 3.66. The van der Waals surface area contributed by atoms with E-state index < -0.39 is 43.0 Å². The Bertz CT molecular complexity index is 520. The molecule has 3 N–H and O–H groups in total. The molecule has 0 amide bonds. The van der Waals surface area contributed by atoms with Gasteiger partial charge >= 0.3 is 11.9 Å². The number of cyclic esters (lactones) is 1. The highest BCUT2D eigenvalue weighted by atomic mass is 16.6. The van der Waals surface area contributed by atoms with Gasteiger partial charge in [0.25, 0.3) is 0 Å². The Morgan fingerprint density at radius 3 is 2.03 bits per heavy atom. The van der Waals surface area contributed by atoms with Crippen LogP contribution in [0.25, 0.3) is 0 Å². The first-order valence-electron chi connectivity index (χ1n) is 12.0. The number of carbonyl (C=O) groups is 2. The van der Waals surface area contributed by atoms with Crippen LogP contribution in [-0.4, -0.2) is 58.3 Å². The fraction of sp³-hybridized carbons (Fsp3) is 0.833. The van der Waals surface area contributed by atoms with E-state index in [0.717, 1.165) is 32.1 Å². The Labute approximate surface area is 186 Å². The molecule has 1 saturated heterocycles. The molecule has 0 saturated carbocycles. The lowest BCUT2D eigenvalue weighted by molar-refractivity contribution is -0.168. The van der Waals surface area contributed by atoms with Crippen molar-refractivity contribution < 1.29 is 34.4 Å². The minimum absolute atomic E-state index is 0.202. The zero-order valence-corrected chi connectivity index (χ0v) is 19.0. The van der Waals surface area contributed by atoms with E-state index in [1.165, 1.54) is 44.9 Å². The van der Waals surface area contributed by atoms with Crippen LogP contribution in [0.3, 0.4) is 0 Å². The third-order valence-electron chi connectivity index (χ3n) is 5.63. The second kappa shape index (κ2) is 17.2. The molecule has 7 heteroatoms. The number of unbranched alkanes of at least 4 members (excludes halogenated alkanes) is 11. The van der Waals surface area contributed by atoms with Gasteiger partial charge in [-0.1, -0.05) is 70.4 Å². The third-order valence-corrected chi connectivity index (χ3v) is 5.63. The average Bonchev–Trinajstić information content (AvgIpc) is 3.02. The van der Waals surface area contributed by atoms with Gasteiger partial charge in [-0.3, -0.25) is 4.79 Å². The Balaban J connectivity index is 1.99. The normalized spacial score (nSPS) is 22.1. The van der Waals surface area contributed by atoms with Crippen molar-refractivity contribution in [3.8, 4) is 0 Å². The molecule has 7 nitrogen and oxygen atoms in total. The molecular weight excluding hydrogens is 400 g/mol. The summed E-state index contributed by atoms with van der Waals surface area (Å²) in [5.41, 5.74) is 0. The molecule has 0 aromatic carbocycles. The van der Waals surface area contributed by atoms with Crippen molar-refractivity contribution in [3.05, 3.63) is 12.2 Å². The summed E-state index contributed by atoms with van der Waals surface area (Å²) in [6, 6.07) is 0. The highest BCUT2D eigenvalue weighted by molar-refractivity contribution is 5.78. The quantitative estimate of drug-likeness (QED) is 0.169. The Hall–Kier alpha value is -1.44. The molecule has 1 fully saturated rings. The van der Waals surface area contributed by atoms with Crippen LogP contribution in [-0.2, 0) is 19.1 Å². The lowest BCUT2D eigenvalue weighted by atomic mass is 10.1. The Kier molecular flexibility index (Phi) is 15.3. The van der Waals surface area contributed by atoms with Crippen molar-refractivity contribution >= 4 is 11.9 Å². The predicted octanol–water partition coefficient (Wildman–Crippen LogP) is 3.58. The van der Waals surface area contributed by atoms with E-state index in [-0.39, 0.29) is 6.42 Å². The summed E-state index contributed by atoms with van der Waals surface area (Å²) in [5, 5.41) is 28.5. The highest BCUT2D eigenvalue weighted by Gasteiger charge is 2.47. The fourth-order valence-electron chi connectivity index (χ4n) is 3.66. The topological polar surface area (TPSA) is 113 Å². The third kappa shape index (κ3) is 11.7. The van der Waals surface area contributed by atoms with E-state index in [9.17, 15) is 24.9 Å². The van der Waals surface area contributed by atoms with Gasteiger partial charge < -0.3 is 24.8 Å². The Morgan fingerprint density at radius 2 is 1.52 bits per heavy atom. The molecule has 4 atom stereocenters. The smallest absolute Gasteiger partial charge is 0.338 e. The van der Waals surface area contributed by atoms with Crippen molar-refractivity contribution in [2.75, 3.05) is 6.61 Å². The van der Waals surface area contributed by atoms with Gasteiger partial charge in [-0.25, -0.2) is 4.79 Å². The number of aliphatic hydroxyl groups is 3. The summed E-state index contributed by atoms with van der Waals surface area (Å²) in [6.07, 6.45) is 14.4. The highest BCUT2D eigenvalue weighted by Crippen LogP contribution is 2.21. The maximum atomic E-state index is 11.9. The van der Waals surface area contributed by atoms with Crippen LogP contribution < -0.4 is 0 Å². The lowest BCUT2D eigenvalue weighted by Crippen LogP contribution is -2.43. The monoisotopic (exact) mass is 442 g/mol. The summed E-state index contributed by atoms with van der Waals surface area (Å²) in [4.78, 5) is 23.2. The molecule has 0 unspecified atom stereocenters. The van der Waals surface area contributed by atoms with Gasteiger partial charge in [0.2, 0.25) is 0 Å². The summed E-state index contributed by atoms with van der Waals surface area (Å²) in [6.45, 7) is 1.64. The molecule has 0 spiro atoms. The molecule has 0 bridgehead atoms. The van der Waals surface area contributed by atoms with Gasteiger partial charge in [0.05, 0.1) is 6.61 Å². The number of esters is 2. The molecule has 0 aromatic rings. The molecule has 1 aliphatic rings. The summed E-state index contributed by atoms with van der Waals surface area (Å²) < 4.78 is 9.91. The molecule has 1 aliphatic heterocycles. The van der Waals surface area contributed by atoms with Crippen LogP contribution >= 0.6 is 0 Å². The van der Waals surface area contributed by atoms with Crippen LogP contribution in [0.2, 0.25) is 0 Å². The minimum atomic E-state index is -1.68. The first-order valence-corrected chi connectivity index (χ1v) is 12.0. The summed E-state index contributed by atoms with van der Waals surface area (Å²) in [7, 11) is 0. The number of hydrogen-bond donors (Lipinski definition) is 3. The van der Waals surface area contributed by atoms with E-state index in [4.69, 9.17) is 9.47 Å². The number of ether oxygens (including phenoxy) is 2. The number of hydrogen-bond acceptors (Lipinski definition) is 7. The van der Waals surface area contributed by atoms with Crippen LogP contribution in [0, 0.1) is 0 Å². The zero-order valence-electron chi connectivity index (χ0n) is 19.0. The van der Waals surface area contributed by atoms with Crippen LogP contribution in [0.15, 0.2) is 12.2 Å². The predicted molar refractivity (Wildman–Crippen MR) is 118 cm³/mol. The zero-order chi connectivity index (χ0) is 22.9. The number of rotatable bonds is 18. The number of aliphatic hydroxyl groups excluding tert-OH is 3. The van der Waals surface area contributed by atoms with E-state index in [1.807, 2.05) is 0 Å². The molecule has 0 aliphatic carbocycles. The van der Waals surface area contributed by atoms with Crippen molar-refractivity contribution in [1.82, 2.24) is 0 Å². The van der Waals surface area contributed by atoms with Gasteiger partial charge in [-0.15, -0.1) is 0 Å². The second-order valence-corrected chi connectivity index (χ2v) is 8.38. The van der Waals surface area contributed by atoms with Crippen molar-refractivity contribution in [2.45, 2.75) is 121 Å². The number of allylic oxidation sites excluding steroid dienone is 2. The molecule has 1 rings (SSSR count). The van der Waals surface area contributed by atoms with E-state index >= 15 is 0 Å². The molecule has 1 heterocycles. The van der Waals surface area contributed by atoms with Crippen LogP contribution in [0.4, 0.5) is 0 Å². The van der Waals surface area contributed by atoms with Gasteiger partial charge in [-0.2, -0.15) is 0 Å². The largest absolute Gasteiger partial charge is 0.456 e. The first-order chi connectivity index (χ1) is 15.0. The molecule has 0 radical (unpaired) electrons. The van der Waals surface area contributed by atoms with Crippen LogP contribution in [0.5, 0.6) is 0 Å². The lowest BCUT2D eigenvalue weighted by Gasteiger charge is -2.23. The Morgan fingerprint density at radius 1 is 0.968 bits per heavy atom. The maximum Gasteiger partial charge on any atom is 0.338 e. The molecular formula is C24H42O7. The number of carbonyl (C=O) groups excluding carboxylic acids is 2. The summed E-state index contributed by atoms with van der Waals surface area (Å²) in [5.74, 6) is -1.49. The second-order valence-electron chi connectivity index (χ2n) is 8.38. The van der Waals surface area contributed by atoms with Gasteiger partial charge in [0, 0.05) is 6.42 Å². The molecule has 180 valence electrons. The average molecular weight is 443 g/mol. The van der Waals surface area contributed by atoms with E-state index in [0.29, 0.717) is 6.42 Å². The van der Waals surface area contributed by atoms with Crippen LogP contribution in [0.1, 0.15) is 96.8 Å². The standard InChI is InChI=1S/C24H42O7/c1-2-3-4-5-6-7-8-9-10-11-12-13-14-15-16-17-20(26)30-19(18-25)23-21(27)22(28)24(29)31-23/h9-10,19,21-23,25,27-28H,2-8,11-18H2,1H3/b10-9-/t19-,21-,22-,23-/m1/s1. The van der Waals surface area contributed by atoms with Crippen molar-refractivity contribution in [1.29, 1.82) is 0 Å². The maximum absolute atomic E-state index is 11.9.